The van der Waals surface area contributed by atoms with Crippen molar-refractivity contribution in [1.29, 1.82) is 0 Å². The standard InChI is InChI=1S/2C48H30N4.C42H26N4/c1-2-13-31(14-3-1)32-25-27-34(28-26-32)47-48(50-39-21-9-8-20-38(39)49-47)52-42-23-11-7-19-37(42)46-44(52)30-29-43-45(46)36-18-6-10-22-41(36)51(43)40-24-12-16-33-15-4-5-17-35(33)40;1-2-12-31(13-3-1)33-22-24-34(25-23-33)47-48(50-40-19-9-8-18-39(40)49-47)52-42-21-11-7-17-38(42)46-44(52)29-28-43-45(46)37-16-6-10-20-41(37)51(43)36-27-26-32-14-4-5-15-35(32)30-36;1-2-13-28(14-3-1)41-42(44-34-19-9-8-18-33(34)43-41)46-36-21-11-7-17-32(36)40-38(46)25-24-37-39(40)31-16-6-10-20-35(31)45(37)30-23-22-27-12-4-5-15-29(27)26-30/h2*1-30H;1-26H. The lowest BCUT2D eigenvalue weighted by atomic mass is 10.0. The predicted octanol–water partition coefficient (Wildman–Crippen LogP) is 35.3. The third-order valence-corrected chi connectivity index (χ3v) is 30.3. The highest BCUT2D eigenvalue weighted by molar-refractivity contribution is 6.32. The van der Waals surface area contributed by atoms with Gasteiger partial charge in [0.1, 0.15) is 17.1 Å². The Hall–Kier alpha value is -20.3. The molecule has 23 aromatic carbocycles. The van der Waals surface area contributed by atoms with Crippen LogP contribution < -0.4 is 0 Å². The third kappa shape index (κ3) is 13.7. The fraction of sp³-hybridized carbons (Fsp3) is 0. The first-order chi connectivity index (χ1) is 74.4. The van der Waals surface area contributed by atoms with Gasteiger partial charge in [0.2, 0.25) is 0 Å². The molecular formula is C138H86N12. The highest BCUT2D eigenvalue weighted by Gasteiger charge is 2.30. The van der Waals surface area contributed by atoms with Gasteiger partial charge in [0, 0.05) is 98.1 Å². The molecule has 32 rings (SSSR count). The van der Waals surface area contributed by atoms with Crippen LogP contribution in [0, 0.1) is 0 Å². The van der Waals surface area contributed by atoms with Gasteiger partial charge >= 0.3 is 0 Å². The van der Waals surface area contributed by atoms with Gasteiger partial charge in [-0.1, -0.05) is 382 Å². The van der Waals surface area contributed by atoms with Crippen molar-refractivity contribution in [3.8, 4) is 90.5 Å². The molecule has 0 atom stereocenters. The Morgan fingerprint density at radius 1 is 0.127 bits per heavy atom. The quantitative estimate of drug-likeness (QED) is 0.128. The zero-order valence-electron chi connectivity index (χ0n) is 81.0. The lowest BCUT2D eigenvalue weighted by Gasteiger charge is -2.14. The van der Waals surface area contributed by atoms with Crippen LogP contribution in [0.25, 0.3) is 287 Å². The molecule has 0 aliphatic carbocycles. The van der Waals surface area contributed by atoms with E-state index in [1.807, 2.05) is 66.7 Å². The maximum Gasteiger partial charge on any atom is 0.165 e. The fourth-order valence-corrected chi connectivity index (χ4v) is 23.6. The van der Waals surface area contributed by atoms with E-state index in [2.05, 4.69) is 482 Å². The predicted molar refractivity (Wildman–Crippen MR) is 624 cm³/mol. The molecule has 0 N–H and O–H groups in total. The molecule has 0 unspecified atom stereocenters. The van der Waals surface area contributed by atoms with E-state index in [0.29, 0.717) is 0 Å². The number of aromatic nitrogens is 12. The Labute approximate surface area is 859 Å². The first-order valence-corrected chi connectivity index (χ1v) is 51.0. The summed E-state index contributed by atoms with van der Waals surface area (Å²) in [6.07, 6.45) is 0. The van der Waals surface area contributed by atoms with Crippen LogP contribution in [-0.2, 0) is 0 Å². The summed E-state index contributed by atoms with van der Waals surface area (Å²) in [5.74, 6) is 2.46. The van der Waals surface area contributed by atoms with Gasteiger partial charge in [-0.05, 0) is 189 Å². The van der Waals surface area contributed by atoms with Gasteiger partial charge in [-0.25, -0.2) is 29.9 Å². The summed E-state index contributed by atoms with van der Waals surface area (Å²) in [6, 6.07) is 185. The molecule has 12 nitrogen and oxygen atoms in total. The van der Waals surface area contributed by atoms with Crippen LogP contribution >= 0.6 is 0 Å². The van der Waals surface area contributed by atoms with E-state index in [9.17, 15) is 0 Å². The molecule has 9 heterocycles. The van der Waals surface area contributed by atoms with Gasteiger partial charge in [-0.15, -0.1) is 0 Å². The van der Waals surface area contributed by atoms with Crippen molar-refractivity contribution >= 4 is 196 Å². The molecule has 150 heavy (non-hydrogen) atoms. The molecule has 0 aliphatic rings. The molecule has 32 aromatic rings. The van der Waals surface area contributed by atoms with Crippen LogP contribution in [0.1, 0.15) is 0 Å². The first-order valence-electron chi connectivity index (χ1n) is 51.0. The number of rotatable bonds is 11. The van der Waals surface area contributed by atoms with Crippen LogP contribution in [0.2, 0.25) is 0 Å². The van der Waals surface area contributed by atoms with E-state index in [0.717, 1.165) is 129 Å². The SMILES string of the molecule is c1ccc(-c2ccc(-c3nc4ccccc4nc3-n3c4ccccc4c4c5c6ccccc6n(-c6ccc7ccccc7c6)c5ccc43)cc2)cc1.c1ccc(-c2ccc(-c3nc4ccccc4nc3-n3c4ccccc4c4c5c6ccccc6n(-c6cccc7ccccc67)c5ccc43)cc2)cc1.c1ccc(-c2nc3ccccc3nc2-n2c3ccccc3c3c4c5ccccc5n(-c5ccc6ccccc6c5)c4ccc32)cc1. The first kappa shape index (κ1) is 85.3. The van der Waals surface area contributed by atoms with Crippen LogP contribution in [-0.4, -0.2) is 57.3 Å². The second-order valence-corrected chi connectivity index (χ2v) is 38.6. The lowest BCUT2D eigenvalue weighted by Crippen LogP contribution is -2.03. The van der Waals surface area contributed by atoms with Crippen molar-refractivity contribution in [2.75, 3.05) is 0 Å². The van der Waals surface area contributed by atoms with Crippen molar-refractivity contribution in [1.82, 2.24) is 57.3 Å². The van der Waals surface area contributed by atoms with Gasteiger partial charge in [0.05, 0.1) is 105 Å². The molecule has 0 aliphatic heterocycles. The number of nitrogens with zero attached hydrogens (tertiary/aromatic N) is 12. The molecule has 0 amide bonds. The van der Waals surface area contributed by atoms with E-state index in [4.69, 9.17) is 29.9 Å². The average Bonchev–Trinajstić information content (AvgIpc) is 1.54. The summed E-state index contributed by atoms with van der Waals surface area (Å²) in [7, 11) is 0. The minimum absolute atomic E-state index is 0.814. The normalized spacial score (nSPS) is 11.9. The molecular weight excluding hydrogens is 1830 g/mol. The molecule has 9 aromatic heterocycles. The molecule has 0 spiro atoms. The molecule has 12 heteroatoms. The summed E-state index contributed by atoms with van der Waals surface area (Å²) in [6.45, 7) is 0. The van der Waals surface area contributed by atoms with Crippen molar-refractivity contribution < 1.29 is 0 Å². The third-order valence-electron chi connectivity index (χ3n) is 30.3. The van der Waals surface area contributed by atoms with E-state index < -0.39 is 0 Å². The summed E-state index contributed by atoms with van der Waals surface area (Å²) in [5, 5.41) is 22.0. The second kappa shape index (κ2) is 34.7. The van der Waals surface area contributed by atoms with Crippen molar-refractivity contribution in [3.63, 3.8) is 0 Å². The molecule has 0 bridgehead atoms. The van der Waals surface area contributed by atoms with E-state index >= 15 is 0 Å². The van der Waals surface area contributed by atoms with Crippen molar-refractivity contribution in [2.24, 2.45) is 0 Å². The lowest BCUT2D eigenvalue weighted by molar-refractivity contribution is 1.08. The van der Waals surface area contributed by atoms with Gasteiger partial charge in [0.15, 0.2) is 17.5 Å². The van der Waals surface area contributed by atoms with E-state index in [1.54, 1.807) is 0 Å². The Morgan fingerprint density at radius 2 is 0.353 bits per heavy atom. The smallest absolute Gasteiger partial charge is 0.165 e. The fourth-order valence-electron chi connectivity index (χ4n) is 23.6. The van der Waals surface area contributed by atoms with E-state index in [1.165, 1.54) is 158 Å². The number of fused-ring (bicyclic) bond motifs is 27. The maximum absolute atomic E-state index is 5.40. The topological polar surface area (TPSA) is 107 Å². The van der Waals surface area contributed by atoms with Crippen LogP contribution in [0.3, 0.4) is 0 Å². The summed E-state index contributed by atoms with van der Waals surface area (Å²) >= 11 is 0. The number of benzene rings is 23. The Kier molecular flexibility index (Phi) is 19.7. The Morgan fingerprint density at radius 3 is 0.693 bits per heavy atom. The molecule has 0 radical (unpaired) electrons. The molecule has 0 saturated carbocycles. The minimum atomic E-state index is 0.814. The highest BCUT2D eigenvalue weighted by Crippen LogP contribution is 2.50. The monoisotopic (exact) mass is 1910 g/mol. The average molecular weight is 1910 g/mol. The number of hydrogen-bond acceptors (Lipinski definition) is 6. The maximum atomic E-state index is 5.40. The zero-order chi connectivity index (χ0) is 98.5. The van der Waals surface area contributed by atoms with Crippen LogP contribution in [0.4, 0.5) is 0 Å². The molecule has 0 fully saturated rings. The van der Waals surface area contributed by atoms with Gasteiger partial charge < -0.3 is 13.7 Å². The Bertz CT molecular complexity index is 11100. The number of hydrogen-bond donors (Lipinski definition) is 0. The second-order valence-electron chi connectivity index (χ2n) is 38.6. The molecule has 0 saturated heterocycles. The van der Waals surface area contributed by atoms with E-state index in [-0.39, 0.29) is 0 Å². The highest BCUT2D eigenvalue weighted by atomic mass is 15.1. The van der Waals surface area contributed by atoms with Gasteiger partial charge in [-0.2, -0.15) is 0 Å². The van der Waals surface area contributed by atoms with Crippen molar-refractivity contribution in [3.05, 3.63) is 522 Å². The van der Waals surface area contributed by atoms with Crippen LogP contribution in [0.5, 0.6) is 0 Å². The van der Waals surface area contributed by atoms with Crippen molar-refractivity contribution in [2.45, 2.75) is 0 Å². The van der Waals surface area contributed by atoms with Gasteiger partial charge in [0.25, 0.3) is 0 Å². The summed E-state index contributed by atoms with van der Waals surface area (Å²) in [5.41, 5.74) is 32.7. The summed E-state index contributed by atoms with van der Waals surface area (Å²) in [4.78, 5) is 31.9. The van der Waals surface area contributed by atoms with Crippen LogP contribution in [0.15, 0.2) is 522 Å². The molecule has 698 valence electrons. The number of para-hydroxylation sites is 12. The minimum Gasteiger partial charge on any atom is -0.309 e. The zero-order valence-corrected chi connectivity index (χ0v) is 81.0. The summed E-state index contributed by atoms with van der Waals surface area (Å²) < 4.78 is 14.2. The Balaban J connectivity index is 0.000000104. The van der Waals surface area contributed by atoms with Gasteiger partial charge in [-0.3, -0.25) is 13.7 Å². The largest absolute Gasteiger partial charge is 0.309 e.